The predicted octanol–water partition coefficient (Wildman–Crippen LogP) is 5.24. The average molecular weight is 311 g/mol. The normalized spacial score (nSPS) is 34.9. The molecule has 0 unspecified atom stereocenters. The van der Waals surface area contributed by atoms with Crippen molar-refractivity contribution < 1.29 is 4.79 Å². The maximum Gasteiger partial charge on any atom is 0.221 e. The van der Waals surface area contributed by atoms with Gasteiger partial charge in [0.2, 0.25) is 5.91 Å². The largest absolute Gasteiger partial charge is 0.326 e. The zero-order valence-electron chi connectivity index (χ0n) is 14.7. The third-order valence-electron chi connectivity index (χ3n) is 6.63. The van der Waals surface area contributed by atoms with Crippen molar-refractivity contribution in [3.8, 4) is 0 Å². The van der Waals surface area contributed by atoms with Gasteiger partial charge in [-0.05, 0) is 84.8 Å². The molecule has 0 aliphatic heterocycles. The van der Waals surface area contributed by atoms with Crippen molar-refractivity contribution in [3.63, 3.8) is 0 Å². The van der Waals surface area contributed by atoms with Crippen LogP contribution in [-0.2, 0) is 10.2 Å². The Labute approximate surface area is 140 Å². The van der Waals surface area contributed by atoms with Gasteiger partial charge >= 0.3 is 0 Å². The SMILES string of the molecule is CC(=O)Nc1ccc(C23CC4CC(CC(C4)C2)C3)cc1C(C)C. The molecule has 1 aromatic carbocycles. The fraction of sp³-hybridized carbons (Fsp3) is 0.667. The molecular formula is C21H29NO. The molecule has 124 valence electrons. The first-order valence-electron chi connectivity index (χ1n) is 9.37. The summed E-state index contributed by atoms with van der Waals surface area (Å²) in [5, 5.41) is 3.02. The molecule has 0 saturated heterocycles. The summed E-state index contributed by atoms with van der Waals surface area (Å²) in [6, 6.07) is 6.89. The van der Waals surface area contributed by atoms with Crippen LogP contribution >= 0.6 is 0 Å². The van der Waals surface area contributed by atoms with Crippen molar-refractivity contribution in [2.75, 3.05) is 5.32 Å². The van der Waals surface area contributed by atoms with Crippen LogP contribution < -0.4 is 5.32 Å². The van der Waals surface area contributed by atoms with E-state index in [1.165, 1.54) is 44.1 Å². The van der Waals surface area contributed by atoms with E-state index >= 15 is 0 Å². The lowest BCUT2D eigenvalue weighted by molar-refractivity contribution is -0.114. The average Bonchev–Trinajstić information content (AvgIpc) is 2.45. The van der Waals surface area contributed by atoms with E-state index in [1.54, 1.807) is 12.5 Å². The molecule has 5 rings (SSSR count). The van der Waals surface area contributed by atoms with E-state index in [2.05, 4.69) is 37.4 Å². The Morgan fingerprint density at radius 1 is 1.09 bits per heavy atom. The first-order chi connectivity index (χ1) is 10.9. The highest BCUT2D eigenvalue weighted by molar-refractivity contribution is 5.89. The molecule has 0 heterocycles. The Bertz CT molecular complexity index is 595. The monoisotopic (exact) mass is 311 g/mol. The van der Waals surface area contributed by atoms with E-state index in [0.29, 0.717) is 11.3 Å². The lowest BCUT2D eigenvalue weighted by Crippen LogP contribution is -2.48. The smallest absolute Gasteiger partial charge is 0.221 e. The number of carbonyl (C=O) groups is 1. The van der Waals surface area contributed by atoms with Crippen LogP contribution in [-0.4, -0.2) is 5.91 Å². The third-order valence-corrected chi connectivity index (χ3v) is 6.63. The second kappa shape index (κ2) is 5.36. The number of nitrogens with one attached hydrogen (secondary N) is 1. The molecule has 2 heteroatoms. The topological polar surface area (TPSA) is 29.1 Å². The van der Waals surface area contributed by atoms with Crippen LogP contribution in [0.2, 0.25) is 0 Å². The minimum atomic E-state index is 0.0226. The van der Waals surface area contributed by atoms with Crippen molar-refractivity contribution in [1.29, 1.82) is 0 Å². The number of anilines is 1. The molecule has 23 heavy (non-hydrogen) atoms. The summed E-state index contributed by atoms with van der Waals surface area (Å²) in [5.74, 6) is 3.37. The van der Waals surface area contributed by atoms with Crippen molar-refractivity contribution in [2.24, 2.45) is 17.8 Å². The van der Waals surface area contributed by atoms with Crippen LogP contribution in [0.1, 0.15) is 76.3 Å². The molecule has 1 aromatic rings. The van der Waals surface area contributed by atoms with Gasteiger partial charge in [-0.15, -0.1) is 0 Å². The summed E-state index contributed by atoms with van der Waals surface area (Å²) >= 11 is 0. The van der Waals surface area contributed by atoms with Gasteiger partial charge in [-0.1, -0.05) is 26.0 Å². The van der Waals surface area contributed by atoms with Crippen LogP contribution in [0.4, 0.5) is 5.69 Å². The Morgan fingerprint density at radius 3 is 2.13 bits per heavy atom. The van der Waals surface area contributed by atoms with Gasteiger partial charge in [0.25, 0.3) is 0 Å². The fourth-order valence-electron chi connectivity index (χ4n) is 6.14. The van der Waals surface area contributed by atoms with E-state index in [-0.39, 0.29) is 5.91 Å². The maximum absolute atomic E-state index is 11.5. The lowest BCUT2D eigenvalue weighted by atomic mass is 9.48. The van der Waals surface area contributed by atoms with Crippen LogP contribution in [0, 0.1) is 17.8 Å². The minimum absolute atomic E-state index is 0.0226. The lowest BCUT2D eigenvalue weighted by Gasteiger charge is -2.57. The third kappa shape index (κ3) is 2.60. The van der Waals surface area contributed by atoms with Crippen LogP contribution in [0.15, 0.2) is 18.2 Å². The van der Waals surface area contributed by atoms with Gasteiger partial charge in [0, 0.05) is 12.6 Å². The van der Waals surface area contributed by atoms with E-state index < -0.39 is 0 Å². The first kappa shape index (κ1) is 15.2. The Balaban J connectivity index is 1.72. The Hall–Kier alpha value is -1.31. The van der Waals surface area contributed by atoms with Crippen LogP contribution in [0.25, 0.3) is 0 Å². The second-order valence-electron chi connectivity index (χ2n) is 8.84. The molecule has 4 aliphatic carbocycles. The molecule has 1 amide bonds. The summed E-state index contributed by atoms with van der Waals surface area (Å²) in [4.78, 5) is 11.5. The summed E-state index contributed by atoms with van der Waals surface area (Å²) in [7, 11) is 0. The number of carbonyl (C=O) groups excluding carboxylic acids is 1. The standard InChI is InChI=1S/C21H29NO/c1-13(2)19-9-18(4-5-20(19)22-14(3)23)21-10-15-6-16(11-21)8-17(7-15)12-21/h4-5,9,13,15-17H,6-8,10-12H2,1-3H3,(H,22,23). The van der Waals surface area contributed by atoms with E-state index in [9.17, 15) is 4.79 Å². The zero-order chi connectivity index (χ0) is 16.2. The molecule has 4 fully saturated rings. The quantitative estimate of drug-likeness (QED) is 0.813. The van der Waals surface area contributed by atoms with Gasteiger partial charge in [0.1, 0.15) is 0 Å². The van der Waals surface area contributed by atoms with Crippen LogP contribution in [0.3, 0.4) is 0 Å². The molecule has 2 nitrogen and oxygen atoms in total. The van der Waals surface area contributed by atoms with Gasteiger partial charge < -0.3 is 5.32 Å². The highest BCUT2D eigenvalue weighted by atomic mass is 16.1. The molecular weight excluding hydrogens is 282 g/mol. The van der Waals surface area contributed by atoms with E-state index in [4.69, 9.17) is 0 Å². The van der Waals surface area contributed by atoms with Gasteiger partial charge in [0.05, 0.1) is 0 Å². The molecule has 0 radical (unpaired) electrons. The van der Waals surface area contributed by atoms with Gasteiger partial charge in [-0.2, -0.15) is 0 Å². The maximum atomic E-state index is 11.5. The molecule has 4 aliphatic rings. The summed E-state index contributed by atoms with van der Waals surface area (Å²) in [6.45, 7) is 6.05. The predicted molar refractivity (Wildman–Crippen MR) is 94.7 cm³/mol. The van der Waals surface area contributed by atoms with Crippen molar-refractivity contribution in [3.05, 3.63) is 29.3 Å². The van der Waals surface area contributed by atoms with Crippen molar-refractivity contribution in [2.45, 2.75) is 70.6 Å². The Kier molecular flexibility index (Phi) is 3.55. The molecule has 1 N–H and O–H groups in total. The molecule has 0 spiro atoms. The summed E-state index contributed by atoms with van der Waals surface area (Å²) in [6.07, 6.45) is 8.66. The minimum Gasteiger partial charge on any atom is -0.326 e. The van der Waals surface area contributed by atoms with Crippen molar-refractivity contribution in [1.82, 2.24) is 0 Å². The van der Waals surface area contributed by atoms with Gasteiger partial charge in [-0.25, -0.2) is 0 Å². The number of rotatable bonds is 3. The molecule has 4 bridgehead atoms. The summed E-state index contributed by atoms with van der Waals surface area (Å²) in [5.41, 5.74) is 4.29. The van der Waals surface area contributed by atoms with Gasteiger partial charge in [0.15, 0.2) is 0 Å². The highest BCUT2D eigenvalue weighted by Crippen LogP contribution is 2.60. The van der Waals surface area contributed by atoms with Crippen LogP contribution in [0.5, 0.6) is 0 Å². The van der Waals surface area contributed by atoms with E-state index in [0.717, 1.165) is 23.4 Å². The fourth-order valence-corrected chi connectivity index (χ4v) is 6.14. The number of amides is 1. The van der Waals surface area contributed by atoms with Gasteiger partial charge in [-0.3, -0.25) is 4.79 Å². The molecule has 0 aromatic heterocycles. The highest BCUT2D eigenvalue weighted by Gasteiger charge is 2.51. The Morgan fingerprint density at radius 2 is 1.65 bits per heavy atom. The number of benzene rings is 1. The van der Waals surface area contributed by atoms with Crippen molar-refractivity contribution >= 4 is 11.6 Å². The zero-order valence-corrected chi connectivity index (χ0v) is 14.7. The molecule has 4 saturated carbocycles. The first-order valence-corrected chi connectivity index (χ1v) is 9.37. The number of hydrogen-bond donors (Lipinski definition) is 1. The summed E-state index contributed by atoms with van der Waals surface area (Å²) < 4.78 is 0. The number of hydrogen-bond acceptors (Lipinski definition) is 1. The molecule has 0 atom stereocenters. The van der Waals surface area contributed by atoms with E-state index in [1.807, 2.05) is 0 Å². The second-order valence-corrected chi connectivity index (χ2v) is 8.84.